The number of amides is 1. The molecule has 0 aliphatic heterocycles. The van der Waals surface area contributed by atoms with Gasteiger partial charge in [0.1, 0.15) is 13.2 Å². The highest BCUT2D eigenvalue weighted by atomic mass is 31.2. The van der Waals surface area contributed by atoms with Crippen LogP contribution in [0.3, 0.4) is 0 Å². The molecule has 9 heteroatoms. The molecule has 3 unspecified atom stereocenters. The van der Waals surface area contributed by atoms with E-state index in [0.717, 1.165) is 96.3 Å². The number of aliphatic hydroxyl groups excluding tert-OH is 1. The van der Waals surface area contributed by atoms with Crippen LogP contribution in [0.1, 0.15) is 213 Å². The van der Waals surface area contributed by atoms with E-state index in [1.807, 2.05) is 27.2 Å². The lowest BCUT2D eigenvalue weighted by molar-refractivity contribution is -0.870. The molecule has 3 atom stereocenters. The van der Waals surface area contributed by atoms with Gasteiger partial charge in [-0.15, -0.1) is 0 Å². The summed E-state index contributed by atoms with van der Waals surface area (Å²) in [7, 11) is 1.22. The zero-order valence-corrected chi connectivity index (χ0v) is 45.9. The number of likely N-dealkylation sites (N-methyl/N-ethyl adjacent to an activating group) is 1. The Kier molecular flexibility index (Phi) is 48.1. The monoisotopic (exact) mass is 981 g/mol. The molecule has 0 aromatic carbocycles. The quantitative estimate of drug-likeness (QED) is 0.0272. The summed E-state index contributed by atoms with van der Waals surface area (Å²) in [5, 5.41) is 13.8. The van der Waals surface area contributed by atoms with Crippen molar-refractivity contribution < 1.29 is 32.9 Å². The molecule has 0 saturated carbocycles. The molecule has 0 aromatic rings. The van der Waals surface area contributed by atoms with Crippen LogP contribution in [0.25, 0.3) is 0 Å². The molecule has 396 valence electrons. The van der Waals surface area contributed by atoms with Gasteiger partial charge < -0.3 is 28.8 Å². The molecule has 0 radical (unpaired) electrons. The van der Waals surface area contributed by atoms with E-state index in [9.17, 15) is 19.4 Å². The highest BCUT2D eigenvalue weighted by Crippen LogP contribution is 2.38. The Labute approximate surface area is 425 Å². The minimum atomic E-state index is -4.61. The number of aliphatic hydroxyl groups is 1. The van der Waals surface area contributed by atoms with Crippen molar-refractivity contribution in [3.8, 4) is 0 Å². The number of quaternary nitrogens is 1. The molecule has 69 heavy (non-hydrogen) atoms. The van der Waals surface area contributed by atoms with Crippen molar-refractivity contribution >= 4 is 13.7 Å². The fraction of sp³-hybridized carbons (Fsp3) is 0.683. The Hall–Kier alpha value is -2.84. The molecule has 0 rings (SSSR count). The van der Waals surface area contributed by atoms with E-state index in [-0.39, 0.29) is 12.5 Å². The lowest BCUT2D eigenvalue weighted by Gasteiger charge is -2.29. The number of allylic oxidation sites excluding steroid dienone is 17. The number of nitrogens with one attached hydrogen (secondary N) is 1. The number of hydrogen-bond acceptors (Lipinski definition) is 6. The first-order chi connectivity index (χ1) is 33.5. The normalized spacial score (nSPS) is 14.8. The molecule has 1 amide bonds. The Balaban J connectivity index is 4.33. The largest absolute Gasteiger partial charge is 0.756 e. The molecular weight excluding hydrogens is 876 g/mol. The summed E-state index contributed by atoms with van der Waals surface area (Å²) in [6.07, 6.45) is 73.0. The van der Waals surface area contributed by atoms with Gasteiger partial charge in [0.05, 0.1) is 39.9 Å². The van der Waals surface area contributed by atoms with Gasteiger partial charge in [0.2, 0.25) is 5.91 Å². The molecular formula is C60H105N2O6P. The molecule has 8 nitrogen and oxygen atoms in total. The van der Waals surface area contributed by atoms with E-state index in [2.05, 4.69) is 116 Å². The maximum absolute atomic E-state index is 12.9. The average Bonchev–Trinajstić information content (AvgIpc) is 3.31. The third-order valence-corrected chi connectivity index (χ3v) is 12.7. The first-order valence-electron chi connectivity index (χ1n) is 27.7. The number of phosphoric acid groups is 1. The molecule has 0 heterocycles. The third-order valence-electron chi connectivity index (χ3n) is 11.7. The number of nitrogens with zero attached hydrogens (tertiary/aromatic N) is 1. The molecule has 0 fully saturated rings. The Morgan fingerprint density at radius 3 is 1.35 bits per heavy atom. The Morgan fingerprint density at radius 1 is 0.522 bits per heavy atom. The van der Waals surface area contributed by atoms with Gasteiger partial charge in [-0.05, 0) is 89.9 Å². The zero-order chi connectivity index (χ0) is 50.6. The van der Waals surface area contributed by atoms with Gasteiger partial charge in [-0.1, -0.05) is 226 Å². The van der Waals surface area contributed by atoms with Crippen molar-refractivity contribution in [3.63, 3.8) is 0 Å². The van der Waals surface area contributed by atoms with Crippen LogP contribution in [-0.2, 0) is 18.4 Å². The van der Waals surface area contributed by atoms with Gasteiger partial charge in [-0.25, -0.2) is 0 Å². The minimum absolute atomic E-state index is 0.0145. The third kappa shape index (κ3) is 52.8. The lowest BCUT2D eigenvalue weighted by Crippen LogP contribution is -2.45. The van der Waals surface area contributed by atoms with Crippen LogP contribution >= 0.6 is 7.82 Å². The zero-order valence-electron chi connectivity index (χ0n) is 45.0. The summed E-state index contributed by atoms with van der Waals surface area (Å²) in [4.78, 5) is 25.5. The standard InChI is InChI=1S/C60H105N2O6P/c1-6-8-10-12-14-16-18-20-22-24-26-27-28-29-30-31-32-33-34-35-36-38-40-42-44-46-48-50-52-54-60(64)61-58(57-68-69(65,66)67-56-55-62(3,4)5)59(63)53-51-49-47-45-43-41-39-37-25-23-21-19-17-15-13-11-9-7-2/h8,10,14,16,20,22,26-27,29-30,32-33,35-36,43,45,51,53,58-59,63H,6-7,9,11-13,15,17-19,21,23-25,28,31,34,37-42,44,46-50,52,54-57H2,1-5H3,(H-,61,64,65,66)/b10-8-,16-14-,22-20-,27-26-,30-29-,33-32-,36-35-,45-43+,53-51+. The fourth-order valence-electron chi connectivity index (χ4n) is 7.38. The van der Waals surface area contributed by atoms with Crippen molar-refractivity contribution in [1.29, 1.82) is 0 Å². The van der Waals surface area contributed by atoms with E-state index in [0.29, 0.717) is 17.4 Å². The van der Waals surface area contributed by atoms with Crippen LogP contribution in [0.15, 0.2) is 109 Å². The number of rotatable bonds is 49. The van der Waals surface area contributed by atoms with E-state index < -0.39 is 26.6 Å². The van der Waals surface area contributed by atoms with Gasteiger partial charge in [0.25, 0.3) is 7.82 Å². The molecule has 0 aliphatic carbocycles. The van der Waals surface area contributed by atoms with Crippen LogP contribution in [0.5, 0.6) is 0 Å². The highest BCUT2D eigenvalue weighted by molar-refractivity contribution is 7.45. The van der Waals surface area contributed by atoms with Crippen molar-refractivity contribution in [1.82, 2.24) is 5.32 Å². The minimum Gasteiger partial charge on any atom is -0.756 e. The predicted octanol–water partition coefficient (Wildman–Crippen LogP) is 16.2. The molecule has 0 aliphatic rings. The van der Waals surface area contributed by atoms with Gasteiger partial charge in [0, 0.05) is 6.42 Å². The first kappa shape index (κ1) is 66.2. The second kappa shape index (κ2) is 50.1. The van der Waals surface area contributed by atoms with E-state index in [1.165, 1.54) is 96.3 Å². The van der Waals surface area contributed by atoms with E-state index in [4.69, 9.17) is 9.05 Å². The Bertz CT molecular complexity index is 1490. The van der Waals surface area contributed by atoms with Crippen molar-refractivity contribution in [2.75, 3.05) is 40.9 Å². The van der Waals surface area contributed by atoms with Gasteiger partial charge in [-0.2, -0.15) is 0 Å². The SMILES string of the molecule is CC/C=C\C/C=C\C/C=C\C/C=C\C/C=C\C/C=C\C/C=C\CCCCCCCCCC(=O)NC(COP(=O)([O-])OCC[N+](C)(C)C)C(O)/C=C/CC/C=C/CCCCCCCCCCCCCC. The van der Waals surface area contributed by atoms with Crippen LogP contribution < -0.4 is 10.2 Å². The average molecular weight is 981 g/mol. The van der Waals surface area contributed by atoms with Crippen LogP contribution in [0, 0.1) is 0 Å². The molecule has 0 aromatic heterocycles. The summed E-state index contributed by atoms with van der Waals surface area (Å²) >= 11 is 0. The predicted molar refractivity (Wildman–Crippen MR) is 297 cm³/mol. The summed E-state index contributed by atoms with van der Waals surface area (Å²) in [5.41, 5.74) is 0. The molecule has 0 bridgehead atoms. The van der Waals surface area contributed by atoms with Crippen LogP contribution in [0.4, 0.5) is 0 Å². The van der Waals surface area contributed by atoms with Crippen molar-refractivity contribution in [2.45, 2.75) is 225 Å². The van der Waals surface area contributed by atoms with Gasteiger partial charge in [0.15, 0.2) is 0 Å². The summed E-state index contributed by atoms with van der Waals surface area (Å²) in [5.74, 6) is -0.223. The Morgan fingerprint density at radius 2 is 0.899 bits per heavy atom. The first-order valence-corrected chi connectivity index (χ1v) is 29.2. The fourth-order valence-corrected chi connectivity index (χ4v) is 8.11. The number of phosphoric ester groups is 1. The van der Waals surface area contributed by atoms with Gasteiger partial charge >= 0.3 is 0 Å². The number of carbonyl (C=O) groups excluding carboxylic acids is 1. The highest BCUT2D eigenvalue weighted by Gasteiger charge is 2.23. The smallest absolute Gasteiger partial charge is 0.268 e. The molecule has 2 N–H and O–H groups in total. The number of hydrogen-bond donors (Lipinski definition) is 2. The number of carbonyl (C=O) groups is 1. The second-order valence-corrected chi connectivity index (χ2v) is 21.0. The summed E-state index contributed by atoms with van der Waals surface area (Å²) in [6.45, 7) is 4.50. The van der Waals surface area contributed by atoms with Crippen molar-refractivity contribution in [3.05, 3.63) is 109 Å². The lowest BCUT2D eigenvalue weighted by atomic mass is 10.0. The number of unbranched alkanes of at least 4 members (excludes halogenated alkanes) is 20. The summed E-state index contributed by atoms with van der Waals surface area (Å²) in [6, 6.07) is -0.918. The van der Waals surface area contributed by atoms with E-state index >= 15 is 0 Å². The van der Waals surface area contributed by atoms with Crippen LogP contribution in [0.2, 0.25) is 0 Å². The molecule has 0 spiro atoms. The van der Waals surface area contributed by atoms with Gasteiger partial charge in [-0.3, -0.25) is 9.36 Å². The second-order valence-electron chi connectivity index (χ2n) is 19.5. The molecule has 0 saturated heterocycles. The van der Waals surface area contributed by atoms with E-state index in [1.54, 1.807) is 6.08 Å². The maximum Gasteiger partial charge on any atom is 0.268 e. The van der Waals surface area contributed by atoms with Crippen LogP contribution in [-0.4, -0.2) is 68.5 Å². The topological polar surface area (TPSA) is 108 Å². The summed E-state index contributed by atoms with van der Waals surface area (Å²) < 4.78 is 23.3. The van der Waals surface area contributed by atoms with Crippen molar-refractivity contribution in [2.24, 2.45) is 0 Å². The maximum atomic E-state index is 12.9.